The Morgan fingerprint density at radius 3 is 2.52 bits per heavy atom. The quantitative estimate of drug-likeness (QED) is 0.468. The lowest BCUT2D eigenvalue weighted by Gasteiger charge is -2.11. The topological polar surface area (TPSA) is 91.3 Å². The number of carbonyl (C=O) groups excluding carboxylic acids is 2. The molecule has 3 aromatic rings. The summed E-state index contributed by atoms with van der Waals surface area (Å²) in [4.78, 5) is 28.9. The van der Waals surface area contributed by atoms with Crippen molar-refractivity contribution < 1.29 is 27.9 Å². The summed E-state index contributed by atoms with van der Waals surface area (Å²) >= 11 is 7.17. The number of nitrogens with zero attached hydrogens (tertiary/aromatic N) is 1. The predicted octanol–water partition coefficient (Wildman–Crippen LogP) is 5.37. The van der Waals surface area contributed by atoms with Crippen molar-refractivity contribution in [3.05, 3.63) is 75.4 Å². The van der Waals surface area contributed by atoms with Gasteiger partial charge in [0.2, 0.25) is 0 Å². The lowest BCUT2D eigenvalue weighted by molar-refractivity contribution is -0.137. The number of hydrogen-bond donors (Lipinski definition) is 3. The lowest BCUT2D eigenvalue weighted by Crippen LogP contribution is -2.15. The molecule has 0 saturated carbocycles. The molecular weight excluding hydrogens is 455 g/mol. The summed E-state index contributed by atoms with van der Waals surface area (Å²) in [6.45, 7) is 1.54. The van der Waals surface area contributed by atoms with Crippen molar-refractivity contribution in [3.8, 4) is 0 Å². The minimum atomic E-state index is -4.58. The number of benzene rings is 2. The number of thiazole rings is 1. The smallest absolute Gasteiger partial charge is 0.386 e. The molecule has 0 aliphatic rings. The Labute approximate surface area is 183 Å². The van der Waals surface area contributed by atoms with Crippen molar-refractivity contribution in [3.63, 3.8) is 0 Å². The third-order valence-electron chi connectivity index (χ3n) is 4.04. The number of aliphatic hydroxyl groups is 1. The summed E-state index contributed by atoms with van der Waals surface area (Å²) in [5.74, 6) is -1.36. The van der Waals surface area contributed by atoms with Crippen molar-refractivity contribution in [2.24, 2.45) is 0 Å². The molecule has 0 aliphatic carbocycles. The van der Waals surface area contributed by atoms with Crippen LogP contribution in [0.4, 0.5) is 23.9 Å². The molecule has 0 bridgehead atoms. The molecule has 3 N–H and O–H groups in total. The maximum absolute atomic E-state index is 12.9. The van der Waals surface area contributed by atoms with Gasteiger partial charge in [0, 0.05) is 11.3 Å². The average molecular weight is 470 g/mol. The van der Waals surface area contributed by atoms with E-state index in [1.54, 1.807) is 0 Å². The van der Waals surface area contributed by atoms with Gasteiger partial charge in [0.15, 0.2) is 0 Å². The van der Waals surface area contributed by atoms with E-state index < -0.39 is 29.7 Å². The summed E-state index contributed by atoms with van der Waals surface area (Å²) in [6.07, 6.45) is -3.97. The van der Waals surface area contributed by atoms with Crippen LogP contribution in [0.5, 0.6) is 0 Å². The van der Waals surface area contributed by atoms with E-state index in [2.05, 4.69) is 15.6 Å². The van der Waals surface area contributed by atoms with Crippen LogP contribution < -0.4 is 10.6 Å². The Morgan fingerprint density at radius 1 is 1.13 bits per heavy atom. The van der Waals surface area contributed by atoms with Gasteiger partial charge in [0.25, 0.3) is 11.8 Å². The highest BCUT2D eigenvalue weighted by Gasteiger charge is 2.31. The van der Waals surface area contributed by atoms with Crippen LogP contribution in [0.3, 0.4) is 0 Å². The van der Waals surface area contributed by atoms with Gasteiger partial charge in [-0.1, -0.05) is 29.0 Å². The second-order valence-corrected chi connectivity index (χ2v) is 7.89. The van der Waals surface area contributed by atoms with Gasteiger partial charge in [0.1, 0.15) is 16.1 Å². The first-order valence-electron chi connectivity index (χ1n) is 8.78. The van der Waals surface area contributed by atoms with Crippen LogP contribution in [0.1, 0.15) is 44.3 Å². The fourth-order valence-electron chi connectivity index (χ4n) is 2.53. The van der Waals surface area contributed by atoms with Crippen LogP contribution in [0, 0.1) is 0 Å². The molecule has 2 amide bonds. The van der Waals surface area contributed by atoms with Crippen molar-refractivity contribution in [2.75, 3.05) is 10.6 Å². The number of carbonyl (C=O) groups is 2. The Kier molecular flexibility index (Phi) is 6.63. The van der Waals surface area contributed by atoms with Crippen LogP contribution in [0.2, 0.25) is 5.02 Å². The van der Waals surface area contributed by atoms with E-state index in [0.29, 0.717) is 10.0 Å². The van der Waals surface area contributed by atoms with Gasteiger partial charge in [-0.25, -0.2) is 4.98 Å². The molecular formula is C20H15ClF3N3O3S. The van der Waals surface area contributed by atoms with E-state index in [1.165, 1.54) is 37.4 Å². The zero-order valence-electron chi connectivity index (χ0n) is 15.8. The van der Waals surface area contributed by atoms with E-state index in [9.17, 15) is 27.9 Å². The Bertz CT molecular complexity index is 1130. The van der Waals surface area contributed by atoms with E-state index in [-0.39, 0.29) is 21.8 Å². The molecule has 31 heavy (non-hydrogen) atoms. The molecule has 162 valence electrons. The minimum Gasteiger partial charge on any atom is -0.386 e. The number of anilines is 2. The molecule has 1 unspecified atom stereocenters. The second-order valence-electron chi connectivity index (χ2n) is 6.42. The Hall–Kier alpha value is -2.95. The van der Waals surface area contributed by atoms with Crippen LogP contribution in [0.25, 0.3) is 0 Å². The third kappa shape index (κ3) is 5.60. The molecule has 1 heterocycles. The number of rotatable bonds is 5. The zero-order chi connectivity index (χ0) is 22.8. The number of aliphatic hydroxyl groups excluding tert-OH is 1. The van der Waals surface area contributed by atoms with Crippen molar-refractivity contribution in [2.45, 2.75) is 19.2 Å². The summed E-state index contributed by atoms with van der Waals surface area (Å²) in [6, 6.07) is 8.09. The largest absolute Gasteiger partial charge is 0.416 e. The number of hydrogen-bond acceptors (Lipinski definition) is 5. The van der Waals surface area contributed by atoms with Gasteiger partial charge >= 0.3 is 6.18 Å². The van der Waals surface area contributed by atoms with E-state index in [0.717, 1.165) is 29.5 Å². The first-order valence-corrected chi connectivity index (χ1v) is 9.97. The first kappa shape index (κ1) is 22.7. The number of amides is 2. The SMILES string of the molecule is CC(O)c1ncc(NC(=O)c2cc(NC(=O)c3cccc(C(F)(F)F)c3)ccc2Cl)s1. The highest BCUT2D eigenvalue weighted by atomic mass is 35.5. The number of halogens is 4. The summed E-state index contributed by atoms with van der Waals surface area (Å²) < 4.78 is 38.6. The molecule has 6 nitrogen and oxygen atoms in total. The van der Waals surface area contributed by atoms with Crippen molar-refractivity contribution in [1.82, 2.24) is 4.98 Å². The molecule has 0 fully saturated rings. The van der Waals surface area contributed by atoms with Gasteiger partial charge in [-0.05, 0) is 43.3 Å². The minimum absolute atomic E-state index is 0.0375. The normalized spacial score (nSPS) is 12.3. The molecule has 1 atom stereocenters. The average Bonchev–Trinajstić information content (AvgIpc) is 3.17. The fourth-order valence-corrected chi connectivity index (χ4v) is 3.49. The number of aromatic nitrogens is 1. The van der Waals surface area contributed by atoms with Gasteiger partial charge in [-0.15, -0.1) is 0 Å². The fraction of sp³-hybridized carbons (Fsp3) is 0.150. The zero-order valence-corrected chi connectivity index (χ0v) is 17.4. The molecule has 3 rings (SSSR count). The Balaban J connectivity index is 1.77. The van der Waals surface area contributed by atoms with Crippen LogP contribution >= 0.6 is 22.9 Å². The highest BCUT2D eigenvalue weighted by molar-refractivity contribution is 7.15. The predicted molar refractivity (Wildman–Crippen MR) is 112 cm³/mol. The standard InChI is InChI=1S/C20H15ClF3N3O3S/c1-10(28)19-25-9-16(31-19)27-18(30)14-8-13(5-6-15(14)21)26-17(29)11-3-2-4-12(7-11)20(22,23)24/h2-10,28H,1H3,(H,26,29)(H,27,30). The molecule has 2 aromatic carbocycles. The summed E-state index contributed by atoms with van der Waals surface area (Å²) in [5.41, 5.74) is -0.926. The molecule has 0 aliphatic heterocycles. The van der Waals surface area contributed by atoms with Gasteiger partial charge in [0.05, 0.1) is 22.3 Å². The molecule has 0 saturated heterocycles. The van der Waals surface area contributed by atoms with Crippen molar-refractivity contribution >= 4 is 45.4 Å². The van der Waals surface area contributed by atoms with E-state index in [4.69, 9.17) is 11.6 Å². The number of alkyl halides is 3. The van der Waals surface area contributed by atoms with Crippen LogP contribution in [0.15, 0.2) is 48.7 Å². The van der Waals surface area contributed by atoms with Gasteiger partial charge in [-0.3, -0.25) is 9.59 Å². The first-order chi connectivity index (χ1) is 14.5. The highest BCUT2D eigenvalue weighted by Crippen LogP contribution is 2.30. The van der Waals surface area contributed by atoms with Gasteiger partial charge < -0.3 is 15.7 Å². The van der Waals surface area contributed by atoms with Crippen molar-refractivity contribution in [1.29, 1.82) is 0 Å². The van der Waals surface area contributed by atoms with Crippen LogP contribution in [-0.4, -0.2) is 21.9 Å². The lowest BCUT2D eigenvalue weighted by atomic mass is 10.1. The third-order valence-corrected chi connectivity index (χ3v) is 5.45. The monoisotopic (exact) mass is 469 g/mol. The summed E-state index contributed by atoms with van der Waals surface area (Å²) in [7, 11) is 0. The maximum Gasteiger partial charge on any atom is 0.416 e. The Morgan fingerprint density at radius 2 is 1.87 bits per heavy atom. The van der Waals surface area contributed by atoms with E-state index in [1.807, 2.05) is 0 Å². The molecule has 0 radical (unpaired) electrons. The van der Waals surface area contributed by atoms with E-state index >= 15 is 0 Å². The maximum atomic E-state index is 12.9. The number of nitrogens with one attached hydrogen (secondary N) is 2. The van der Waals surface area contributed by atoms with Gasteiger partial charge in [-0.2, -0.15) is 13.2 Å². The molecule has 1 aromatic heterocycles. The second kappa shape index (κ2) is 9.04. The van der Waals surface area contributed by atoms with Crippen LogP contribution in [-0.2, 0) is 6.18 Å². The summed E-state index contributed by atoms with van der Waals surface area (Å²) in [5, 5.41) is 15.5. The molecule has 0 spiro atoms. The molecule has 11 heteroatoms.